The number of likely N-dealkylation sites (N-methyl/N-ethyl adjacent to an activating group) is 1. The Bertz CT molecular complexity index is 434. The third-order valence-electron chi connectivity index (χ3n) is 5.04. The van der Waals surface area contributed by atoms with Gasteiger partial charge in [0.2, 0.25) is 0 Å². The van der Waals surface area contributed by atoms with Crippen LogP contribution in [0.15, 0.2) is 28.7 Å². The maximum atomic E-state index is 3.70. The van der Waals surface area contributed by atoms with Gasteiger partial charge in [-0.15, -0.1) is 0 Å². The second-order valence-electron chi connectivity index (χ2n) is 6.58. The van der Waals surface area contributed by atoms with Gasteiger partial charge in [0.25, 0.3) is 0 Å². The Hall–Kier alpha value is -0.380. The molecular weight excluding hydrogens is 312 g/mol. The molecule has 0 aliphatic heterocycles. The lowest BCUT2D eigenvalue weighted by atomic mass is 9.74. The van der Waals surface area contributed by atoms with Crippen LogP contribution in [-0.2, 0) is 6.42 Å². The molecule has 0 saturated heterocycles. The first-order chi connectivity index (χ1) is 9.44. The number of benzene rings is 1. The summed E-state index contributed by atoms with van der Waals surface area (Å²) in [6.45, 7) is 0. The van der Waals surface area contributed by atoms with E-state index < -0.39 is 0 Å². The lowest BCUT2D eigenvalue weighted by Crippen LogP contribution is -2.51. The third-order valence-corrected chi connectivity index (χ3v) is 5.82. The highest BCUT2D eigenvalue weighted by Gasteiger charge is 2.38. The number of nitrogens with zero attached hydrogens (tertiary/aromatic N) is 2. The average molecular weight is 339 g/mol. The molecule has 0 heterocycles. The molecule has 0 bridgehead atoms. The quantitative estimate of drug-likeness (QED) is 0.823. The molecule has 0 amide bonds. The zero-order valence-electron chi connectivity index (χ0n) is 13.2. The van der Waals surface area contributed by atoms with E-state index in [0.717, 1.165) is 12.5 Å². The standard InChI is InChI=1S/C17H27BrN2/c1-19(2)15-9-11-17(12-10-15,20(3)4)13-14-7-5-6-8-16(14)18/h5-8,15H,9-13H2,1-4H3. The summed E-state index contributed by atoms with van der Waals surface area (Å²) in [5, 5.41) is 0. The highest BCUT2D eigenvalue weighted by atomic mass is 79.9. The van der Waals surface area contributed by atoms with Crippen LogP contribution in [0.4, 0.5) is 0 Å². The topological polar surface area (TPSA) is 6.48 Å². The molecule has 0 spiro atoms. The van der Waals surface area contributed by atoms with Crippen molar-refractivity contribution in [3.05, 3.63) is 34.3 Å². The van der Waals surface area contributed by atoms with Crippen LogP contribution in [-0.4, -0.2) is 49.6 Å². The Kier molecular flexibility index (Phi) is 5.27. The SMILES string of the molecule is CN(C)C1CCC(Cc2ccccc2Br)(N(C)C)CC1. The molecule has 1 saturated carbocycles. The Morgan fingerprint density at radius 1 is 1.10 bits per heavy atom. The van der Waals surface area contributed by atoms with Gasteiger partial charge in [0.05, 0.1) is 0 Å². The molecule has 0 N–H and O–H groups in total. The second-order valence-corrected chi connectivity index (χ2v) is 7.44. The predicted molar refractivity (Wildman–Crippen MR) is 90.2 cm³/mol. The molecule has 2 nitrogen and oxygen atoms in total. The van der Waals surface area contributed by atoms with Crippen LogP contribution < -0.4 is 0 Å². The fraction of sp³-hybridized carbons (Fsp3) is 0.647. The molecular formula is C17H27BrN2. The summed E-state index contributed by atoms with van der Waals surface area (Å²) in [4.78, 5) is 4.84. The molecule has 1 aliphatic rings. The van der Waals surface area contributed by atoms with Crippen molar-refractivity contribution in [1.82, 2.24) is 9.80 Å². The van der Waals surface area contributed by atoms with Gasteiger partial charge in [0.1, 0.15) is 0 Å². The summed E-state index contributed by atoms with van der Waals surface area (Å²) in [5.74, 6) is 0. The van der Waals surface area contributed by atoms with Crippen molar-refractivity contribution in [2.24, 2.45) is 0 Å². The Balaban J connectivity index is 2.14. The summed E-state index contributed by atoms with van der Waals surface area (Å²) < 4.78 is 1.25. The van der Waals surface area contributed by atoms with Crippen LogP contribution in [0.1, 0.15) is 31.2 Å². The van der Waals surface area contributed by atoms with Crippen LogP contribution in [0.2, 0.25) is 0 Å². The number of rotatable bonds is 4. The first-order valence-corrected chi connectivity index (χ1v) is 8.31. The van der Waals surface area contributed by atoms with E-state index in [-0.39, 0.29) is 0 Å². The fourth-order valence-corrected chi connectivity index (χ4v) is 3.86. The Morgan fingerprint density at radius 3 is 2.20 bits per heavy atom. The number of halogens is 1. The minimum Gasteiger partial charge on any atom is -0.306 e. The lowest BCUT2D eigenvalue weighted by molar-refractivity contribution is 0.0661. The minimum atomic E-state index is 0.316. The van der Waals surface area contributed by atoms with Gasteiger partial charge >= 0.3 is 0 Å². The molecule has 0 atom stereocenters. The van der Waals surface area contributed by atoms with Crippen LogP contribution in [0.25, 0.3) is 0 Å². The summed E-state index contributed by atoms with van der Waals surface area (Å²) in [6, 6.07) is 9.41. The van der Waals surface area contributed by atoms with Gasteiger partial charge in [-0.05, 0) is 71.9 Å². The molecule has 112 valence electrons. The fourth-order valence-electron chi connectivity index (χ4n) is 3.43. The zero-order chi connectivity index (χ0) is 14.8. The van der Waals surface area contributed by atoms with Crippen molar-refractivity contribution in [3.63, 3.8) is 0 Å². The largest absolute Gasteiger partial charge is 0.306 e. The van der Waals surface area contributed by atoms with Gasteiger partial charge < -0.3 is 9.80 Å². The predicted octanol–water partition coefficient (Wildman–Crippen LogP) is 3.80. The van der Waals surface area contributed by atoms with Crippen molar-refractivity contribution < 1.29 is 0 Å². The van der Waals surface area contributed by atoms with E-state index in [9.17, 15) is 0 Å². The van der Waals surface area contributed by atoms with Crippen molar-refractivity contribution in [2.45, 2.75) is 43.7 Å². The van der Waals surface area contributed by atoms with Crippen LogP contribution in [0.3, 0.4) is 0 Å². The molecule has 1 aromatic rings. The van der Waals surface area contributed by atoms with Gasteiger partial charge in [0.15, 0.2) is 0 Å². The Morgan fingerprint density at radius 2 is 1.70 bits per heavy atom. The molecule has 0 unspecified atom stereocenters. The highest BCUT2D eigenvalue weighted by Crippen LogP contribution is 2.37. The van der Waals surface area contributed by atoms with Crippen molar-refractivity contribution in [3.8, 4) is 0 Å². The highest BCUT2D eigenvalue weighted by molar-refractivity contribution is 9.10. The number of hydrogen-bond acceptors (Lipinski definition) is 2. The van der Waals surface area contributed by atoms with Gasteiger partial charge in [-0.25, -0.2) is 0 Å². The molecule has 1 aliphatic carbocycles. The normalized spacial score (nSPS) is 27.2. The van der Waals surface area contributed by atoms with Crippen LogP contribution in [0.5, 0.6) is 0 Å². The summed E-state index contributed by atoms with van der Waals surface area (Å²) in [5.41, 5.74) is 1.75. The first-order valence-electron chi connectivity index (χ1n) is 7.52. The van der Waals surface area contributed by atoms with E-state index in [2.05, 4.69) is 78.2 Å². The maximum absolute atomic E-state index is 3.70. The second kappa shape index (κ2) is 6.59. The molecule has 0 radical (unpaired) electrons. The molecule has 3 heteroatoms. The number of hydrogen-bond donors (Lipinski definition) is 0. The third kappa shape index (κ3) is 3.44. The van der Waals surface area contributed by atoms with Gasteiger partial charge in [0, 0.05) is 16.1 Å². The van der Waals surface area contributed by atoms with E-state index in [1.54, 1.807) is 0 Å². The van der Waals surface area contributed by atoms with Gasteiger partial charge in [-0.1, -0.05) is 34.1 Å². The molecule has 0 aromatic heterocycles. The zero-order valence-corrected chi connectivity index (χ0v) is 14.8. The van der Waals surface area contributed by atoms with Crippen molar-refractivity contribution in [2.75, 3.05) is 28.2 Å². The van der Waals surface area contributed by atoms with E-state index >= 15 is 0 Å². The van der Waals surface area contributed by atoms with Crippen LogP contribution >= 0.6 is 15.9 Å². The Labute approximate surface area is 132 Å². The molecule has 20 heavy (non-hydrogen) atoms. The van der Waals surface area contributed by atoms with E-state index in [1.807, 2.05) is 0 Å². The molecule has 1 aromatic carbocycles. The summed E-state index contributed by atoms with van der Waals surface area (Å²) in [7, 11) is 8.90. The van der Waals surface area contributed by atoms with Crippen molar-refractivity contribution in [1.29, 1.82) is 0 Å². The smallest absolute Gasteiger partial charge is 0.0245 e. The van der Waals surface area contributed by atoms with Crippen LogP contribution in [0, 0.1) is 0 Å². The summed E-state index contributed by atoms with van der Waals surface area (Å²) >= 11 is 3.70. The van der Waals surface area contributed by atoms with Crippen molar-refractivity contribution >= 4 is 15.9 Å². The average Bonchev–Trinajstić information content (AvgIpc) is 2.42. The molecule has 2 rings (SSSR count). The lowest BCUT2D eigenvalue weighted by Gasteiger charge is -2.46. The summed E-state index contributed by atoms with van der Waals surface area (Å²) in [6.07, 6.45) is 6.31. The monoisotopic (exact) mass is 338 g/mol. The van der Waals surface area contributed by atoms with E-state index in [1.165, 1.54) is 35.7 Å². The van der Waals surface area contributed by atoms with Gasteiger partial charge in [-0.2, -0.15) is 0 Å². The minimum absolute atomic E-state index is 0.316. The van der Waals surface area contributed by atoms with E-state index in [4.69, 9.17) is 0 Å². The van der Waals surface area contributed by atoms with Gasteiger partial charge in [-0.3, -0.25) is 0 Å². The maximum Gasteiger partial charge on any atom is 0.0245 e. The molecule has 1 fully saturated rings. The first kappa shape index (κ1) is 16.0. The van der Waals surface area contributed by atoms with E-state index in [0.29, 0.717) is 5.54 Å².